The highest BCUT2D eigenvalue weighted by molar-refractivity contribution is 5.72. The molecule has 1 fully saturated rings. The Bertz CT molecular complexity index is 651. The molecule has 0 aromatic heterocycles. The first kappa shape index (κ1) is 13.7. The van der Waals surface area contributed by atoms with Gasteiger partial charge in [0, 0.05) is 7.05 Å². The maximum Gasteiger partial charge on any atom is 0.410 e. The highest BCUT2D eigenvalue weighted by atomic mass is 16.6. The van der Waals surface area contributed by atoms with Gasteiger partial charge in [0.15, 0.2) is 0 Å². The smallest absolute Gasteiger partial charge is 0.410 e. The molecule has 1 heterocycles. The van der Waals surface area contributed by atoms with Crippen LogP contribution in [0.3, 0.4) is 0 Å². The zero-order chi connectivity index (χ0) is 15.0. The number of hydrogen-bond donors (Lipinski definition) is 0. The first-order valence-electron chi connectivity index (χ1n) is 7.14. The summed E-state index contributed by atoms with van der Waals surface area (Å²) in [4.78, 5) is 13.4. The molecule has 2 atom stereocenters. The normalized spacial score (nSPS) is 25.0. The minimum atomic E-state index is -0.424. The second-order valence-electron chi connectivity index (χ2n) is 5.68. The number of likely N-dealkylation sites (N-methyl/N-ethyl adjacent to an activating group) is 1. The average molecular weight is 281 g/mol. The predicted molar refractivity (Wildman–Crippen MR) is 82.9 cm³/mol. The monoisotopic (exact) mass is 281 g/mol. The Morgan fingerprint density at radius 3 is 2.10 bits per heavy atom. The van der Waals surface area contributed by atoms with E-state index in [0.717, 1.165) is 5.56 Å². The molecule has 1 aliphatic rings. The molecule has 0 saturated carbocycles. The molecule has 0 N–H and O–H groups in total. The van der Waals surface area contributed by atoms with E-state index in [2.05, 4.69) is 36.4 Å². The van der Waals surface area contributed by atoms with Gasteiger partial charge in [-0.25, -0.2) is 4.79 Å². The standard InChI is InChI=1S/C18H19NO2/c1-13-18(2,19(3)17(20)21-13)16-11-9-15(10-12-16)14-7-5-4-6-8-14/h4-13H,1-3H3. The third-order valence-electron chi connectivity index (χ3n) is 4.62. The fourth-order valence-electron chi connectivity index (χ4n) is 2.87. The largest absolute Gasteiger partial charge is 0.444 e. The lowest BCUT2D eigenvalue weighted by atomic mass is 9.86. The van der Waals surface area contributed by atoms with Crippen molar-refractivity contribution in [2.45, 2.75) is 25.5 Å². The number of nitrogens with zero attached hydrogens (tertiary/aromatic N) is 1. The van der Waals surface area contributed by atoms with Gasteiger partial charge in [0.25, 0.3) is 0 Å². The summed E-state index contributed by atoms with van der Waals surface area (Å²) in [5.74, 6) is 0. The first-order chi connectivity index (χ1) is 10.0. The summed E-state index contributed by atoms with van der Waals surface area (Å²) in [6.07, 6.45) is -0.435. The van der Waals surface area contributed by atoms with Crippen molar-refractivity contribution in [1.82, 2.24) is 4.90 Å². The van der Waals surface area contributed by atoms with E-state index in [-0.39, 0.29) is 12.2 Å². The number of cyclic esters (lactones) is 1. The molecule has 1 aliphatic heterocycles. The van der Waals surface area contributed by atoms with Crippen LogP contribution < -0.4 is 0 Å². The molecular weight excluding hydrogens is 262 g/mol. The van der Waals surface area contributed by atoms with Crippen LogP contribution in [0, 0.1) is 0 Å². The number of carbonyl (C=O) groups excluding carboxylic acids is 1. The fourth-order valence-corrected chi connectivity index (χ4v) is 2.87. The van der Waals surface area contributed by atoms with Crippen LogP contribution in [0.15, 0.2) is 54.6 Å². The van der Waals surface area contributed by atoms with Crippen LogP contribution in [0.1, 0.15) is 19.4 Å². The van der Waals surface area contributed by atoms with Crippen molar-refractivity contribution in [3.8, 4) is 11.1 Å². The molecule has 0 spiro atoms. The minimum Gasteiger partial charge on any atom is -0.444 e. The van der Waals surface area contributed by atoms with Crippen molar-refractivity contribution < 1.29 is 9.53 Å². The number of amides is 1. The van der Waals surface area contributed by atoms with Gasteiger partial charge in [-0.15, -0.1) is 0 Å². The van der Waals surface area contributed by atoms with Crippen LogP contribution >= 0.6 is 0 Å². The van der Waals surface area contributed by atoms with Gasteiger partial charge in [0.05, 0.1) is 0 Å². The Hall–Kier alpha value is -2.29. The molecule has 0 aliphatic carbocycles. The van der Waals surface area contributed by atoms with E-state index in [0.29, 0.717) is 0 Å². The highest BCUT2D eigenvalue weighted by Crippen LogP contribution is 2.38. The summed E-state index contributed by atoms with van der Waals surface area (Å²) < 4.78 is 5.35. The molecule has 0 bridgehead atoms. The molecule has 1 amide bonds. The maximum absolute atomic E-state index is 11.8. The van der Waals surface area contributed by atoms with Gasteiger partial charge in [-0.05, 0) is 30.5 Å². The molecule has 2 aromatic carbocycles. The zero-order valence-electron chi connectivity index (χ0n) is 12.5. The molecule has 0 radical (unpaired) electrons. The van der Waals surface area contributed by atoms with Crippen LogP contribution in [-0.4, -0.2) is 24.1 Å². The lowest BCUT2D eigenvalue weighted by Crippen LogP contribution is -2.42. The van der Waals surface area contributed by atoms with Crippen LogP contribution in [0.4, 0.5) is 4.79 Å². The fraction of sp³-hybridized carbons (Fsp3) is 0.278. The predicted octanol–water partition coefficient (Wildman–Crippen LogP) is 4.04. The number of rotatable bonds is 2. The first-order valence-corrected chi connectivity index (χ1v) is 7.14. The van der Waals surface area contributed by atoms with Crippen molar-refractivity contribution in [3.05, 3.63) is 60.2 Å². The van der Waals surface area contributed by atoms with Crippen molar-refractivity contribution in [2.75, 3.05) is 7.05 Å². The third kappa shape index (κ3) is 2.09. The van der Waals surface area contributed by atoms with Crippen LogP contribution in [0.5, 0.6) is 0 Å². The van der Waals surface area contributed by atoms with Gasteiger partial charge in [0.1, 0.15) is 11.6 Å². The van der Waals surface area contributed by atoms with E-state index in [4.69, 9.17) is 4.74 Å². The number of ether oxygens (including phenoxy) is 1. The van der Waals surface area contributed by atoms with Crippen molar-refractivity contribution in [1.29, 1.82) is 0 Å². The van der Waals surface area contributed by atoms with E-state index >= 15 is 0 Å². The van der Waals surface area contributed by atoms with Crippen LogP contribution in [0.25, 0.3) is 11.1 Å². The quantitative estimate of drug-likeness (QED) is 0.831. The molecular formula is C18H19NO2. The van der Waals surface area contributed by atoms with E-state index in [1.54, 1.807) is 11.9 Å². The van der Waals surface area contributed by atoms with Gasteiger partial charge in [-0.1, -0.05) is 54.6 Å². The molecule has 2 unspecified atom stereocenters. The van der Waals surface area contributed by atoms with Crippen molar-refractivity contribution in [3.63, 3.8) is 0 Å². The van der Waals surface area contributed by atoms with E-state index in [9.17, 15) is 4.79 Å². The molecule has 3 rings (SSSR count). The average Bonchev–Trinajstić information content (AvgIpc) is 2.72. The summed E-state index contributed by atoms with van der Waals surface area (Å²) in [6, 6.07) is 18.6. The molecule has 108 valence electrons. The SMILES string of the molecule is CC1OC(=O)N(C)C1(C)c1ccc(-c2ccccc2)cc1. The summed E-state index contributed by atoms with van der Waals surface area (Å²) in [6.45, 7) is 3.98. The van der Waals surface area contributed by atoms with Crippen molar-refractivity contribution in [2.24, 2.45) is 0 Å². The molecule has 1 saturated heterocycles. The second kappa shape index (κ2) is 4.92. The molecule has 3 nitrogen and oxygen atoms in total. The Morgan fingerprint density at radius 2 is 1.57 bits per heavy atom. The van der Waals surface area contributed by atoms with Gasteiger partial charge in [-0.2, -0.15) is 0 Å². The van der Waals surface area contributed by atoms with Gasteiger partial charge < -0.3 is 4.74 Å². The zero-order valence-corrected chi connectivity index (χ0v) is 12.5. The Balaban J connectivity index is 1.96. The lowest BCUT2D eigenvalue weighted by molar-refractivity contribution is 0.122. The summed E-state index contributed by atoms with van der Waals surface area (Å²) >= 11 is 0. The maximum atomic E-state index is 11.8. The van der Waals surface area contributed by atoms with E-state index in [1.807, 2.05) is 32.0 Å². The minimum absolute atomic E-state index is 0.169. The molecule has 3 heteroatoms. The lowest BCUT2D eigenvalue weighted by Gasteiger charge is -2.32. The Labute approximate surface area is 125 Å². The Kier molecular flexibility index (Phi) is 3.20. The summed E-state index contributed by atoms with van der Waals surface area (Å²) in [7, 11) is 1.79. The molecule has 2 aromatic rings. The number of carbonyl (C=O) groups is 1. The van der Waals surface area contributed by atoms with Crippen molar-refractivity contribution >= 4 is 6.09 Å². The van der Waals surface area contributed by atoms with Gasteiger partial charge >= 0.3 is 6.09 Å². The highest BCUT2D eigenvalue weighted by Gasteiger charge is 2.48. The summed E-state index contributed by atoms with van der Waals surface area (Å²) in [5, 5.41) is 0. The summed E-state index contributed by atoms with van der Waals surface area (Å²) in [5.41, 5.74) is 3.02. The van der Waals surface area contributed by atoms with Gasteiger partial charge in [-0.3, -0.25) is 4.90 Å². The van der Waals surface area contributed by atoms with Crippen LogP contribution in [-0.2, 0) is 10.3 Å². The second-order valence-corrected chi connectivity index (χ2v) is 5.68. The Morgan fingerprint density at radius 1 is 1.00 bits per heavy atom. The number of benzene rings is 2. The third-order valence-corrected chi connectivity index (χ3v) is 4.62. The van der Waals surface area contributed by atoms with E-state index in [1.165, 1.54) is 11.1 Å². The van der Waals surface area contributed by atoms with E-state index < -0.39 is 5.54 Å². The van der Waals surface area contributed by atoms with Crippen LogP contribution in [0.2, 0.25) is 0 Å². The topological polar surface area (TPSA) is 29.5 Å². The molecule has 21 heavy (non-hydrogen) atoms. The van der Waals surface area contributed by atoms with Gasteiger partial charge in [0.2, 0.25) is 0 Å². The number of hydrogen-bond acceptors (Lipinski definition) is 2.